The summed E-state index contributed by atoms with van der Waals surface area (Å²) in [6.07, 6.45) is 0. The van der Waals surface area contributed by atoms with Gasteiger partial charge in [-0.25, -0.2) is 4.98 Å². The number of aromatic nitrogens is 3. The van der Waals surface area contributed by atoms with E-state index in [2.05, 4.69) is 14.7 Å². The van der Waals surface area contributed by atoms with E-state index < -0.39 is 0 Å². The third-order valence-electron chi connectivity index (χ3n) is 3.43. The van der Waals surface area contributed by atoms with Gasteiger partial charge in [-0.3, -0.25) is 0 Å². The van der Waals surface area contributed by atoms with Crippen LogP contribution >= 0.6 is 23.2 Å². The van der Waals surface area contributed by atoms with Gasteiger partial charge in [-0.1, -0.05) is 22.8 Å². The largest absolute Gasteiger partial charge is 0.361 e. The van der Waals surface area contributed by atoms with Crippen LogP contribution in [0.4, 0.5) is 0 Å². The van der Waals surface area contributed by atoms with Gasteiger partial charge in [0, 0.05) is 5.56 Å². The molecule has 6 heteroatoms. The normalized spacial score (nSPS) is 11.4. The van der Waals surface area contributed by atoms with Gasteiger partial charge >= 0.3 is 0 Å². The maximum absolute atomic E-state index is 6.19. The molecule has 20 heavy (non-hydrogen) atoms. The zero-order valence-corrected chi connectivity index (χ0v) is 12.7. The molecule has 0 N–H and O–H groups in total. The smallest absolute Gasteiger partial charge is 0.138 e. The summed E-state index contributed by atoms with van der Waals surface area (Å²) in [5.74, 6) is 1.93. The monoisotopic (exact) mass is 309 g/mol. The zero-order valence-electron chi connectivity index (χ0n) is 11.2. The van der Waals surface area contributed by atoms with E-state index in [1.54, 1.807) is 0 Å². The highest BCUT2D eigenvalue weighted by Gasteiger charge is 2.16. The van der Waals surface area contributed by atoms with E-state index in [9.17, 15) is 0 Å². The molecule has 0 unspecified atom stereocenters. The van der Waals surface area contributed by atoms with Gasteiger partial charge < -0.3 is 9.09 Å². The molecule has 0 aliphatic heterocycles. The van der Waals surface area contributed by atoms with Gasteiger partial charge in [0.25, 0.3) is 0 Å². The van der Waals surface area contributed by atoms with Crippen molar-refractivity contribution in [1.29, 1.82) is 0 Å². The summed E-state index contributed by atoms with van der Waals surface area (Å²) >= 11 is 12.2. The molecule has 0 saturated carbocycles. The number of benzene rings is 1. The van der Waals surface area contributed by atoms with Gasteiger partial charge in [0.15, 0.2) is 0 Å². The van der Waals surface area contributed by atoms with Gasteiger partial charge in [-0.05, 0) is 26.0 Å². The second-order valence-corrected chi connectivity index (χ2v) is 5.33. The molecule has 0 aliphatic rings. The molecule has 3 aromatic rings. The molecule has 0 atom stereocenters. The third-order valence-corrected chi connectivity index (χ3v) is 3.97. The molecule has 0 aliphatic carbocycles. The first kappa shape index (κ1) is 13.5. The fourth-order valence-corrected chi connectivity index (χ4v) is 2.74. The van der Waals surface area contributed by atoms with Crippen molar-refractivity contribution in [2.75, 3.05) is 0 Å². The molecule has 0 radical (unpaired) electrons. The van der Waals surface area contributed by atoms with Crippen molar-refractivity contribution in [2.45, 2.75) is 26.3 Å². The molecule has 2 aromatic heterocycles. The lowest BCUT2D eigenvalue weighted by Crippen LogP contribution is -2.05. The van der Waals surface area contributed by atoms with Gasteiger partial charge in [-0.2, -0.15) is 0 Å². The van der Waals surface area contributed by atoms with Gasteiger partial charge in [0.2, 0.25) is 0 Å². The first-order valence-corrected chi connectivity index (χ1v) is 7.14. The molecule has 104 valence electrons. The number of hydrogen-bond acceptors (Lipinski definition) is 3. The van der Waals surface area contributed by atoms with Crippen molar-refractivity contribution in [1.82, 2.24) is 14.7 Å². The van der Waals surface area contributed by atoms with Crippen molar-refractivity contribution in [3.8, 4) is 0 Å². The summed E-state index contributed by atoms with van der Waals surface area (Å²) < 4.78 is 7.27. The van der Waals surface area contributed by atoms with E-state index in [-0.39, 0.29) is 0 Å². The number of rotatable bonds is 3. The number of hydrogen-bond donors (Lipinski definition) is 0. The van der Waals surface area contributed by atoms with Crippen LogP contribution in [-0.2, 0) is 12.4 Å². The lowest BCUT2D eigenvalue weighted by molar-refractivity contribution is 0.392. The summed E-state index contributed by atoms with van der Waals surface area (Å²) in [4.78, 5) is 4.52. The maximum Gasteiger partial charge on any atom is 0.138 e. The Kier molecular flexibility index (Phi) is 3.44. The quantitative estimate of drug-likeness (QED) is 0.685. The van der Waals surface area contributed by atoms with Crippen molar-refractivity contribution < 1.29 is 4.52 Å². The predicted molar refractivity (Wildman–Crippen MR) is 79.4 cm³/mol. The van der Waals surface area contributed by atoms with Crippen LogP contribution in [0.25, 0.3) is 11.0 Å². The summed E-state index contributed by atoms with van der Waals surface area (Å²) in [5, 5.41) is 4.61. The van der Waals surface area contributed by atoms with Crippen molar-refractivity contribution in [2.24, 2.45) is 0 Å². The molecule has 0 bridgehead atoms. The van der Waals surface area contributed by atoms with Crippen molar-refractivity contribution in [3.63, 3.8) is 0 Å². The number of para-hydroxylation sites is 1. The lowest BCUT2D eigenvalue weighted by atomic mass is 10.2. The van der Waals surface area contributed by atoms with Gasteiger partial charge in [0.1, 0.15) is 17.1 Å². The maximum atomic E-state index is 6.19. The first-order valence-electron chi connectivity index (χ1n) is 6.23. The molecular weight excluding hydrogens is 297 g/mol. The van der Waals surface area contributed by atoms with Crippen LogP contribution in [0.5, 0.6) is 0 Å². The fourth-order valence-electron chi connectivity index (χ4n) is 2.33. The highest BCUT2D eigenvalue weighted by molar-refractivity contribution is 6.35. The Hall–Kier alpha value is -1.52. The molecule has 3 rings (SSSR count). The van der Waals surface area contributed by atoms with Crippen LogP contribution in [0.2, 0.25) is 5.02 Å². The Morgan fingerprint density at radius 2 is 2.10 bits per heavy atom. The highest BCUT2D eigenvalue weighted by atomic mass is 35.5. The number of nitrogens with zero attached hydrogens (tertiary/aromatic N) is 3. The topological polar surface area (TPSA) is 43.9 Å². The molecule has 0 spiro atoms. The Morgan fingerprint density at radius 1 is 1.30 bits per heavy atom. The average molecular weight is 310 g/mol. The zero-order chi connectivity index (χ0) is 14.3. The molecule has 1 aromatic carbocycles. The van der Waals surface area contributed by atoms with E-state index in [4.69, 9.17) is 27.7 Å². The van der Waals surface area contributed by atoms with Gasteiger partial charge in [0.05, 0.1) is 28.7 Å². The summed E-state index contributed by atoms with van der Waals surface area (Å²) in [6.45, 7) is 4.46. The van der Waals surface area contributed by atoms with Crippen LogP contribution in [0.3, 0.4) is 0 Å². The summed E-state index contributed by atoms with van der Waals surface area (Å²) in [7, 11) is 0. The minimum Gasteiger partial charge on any atom is -0.361 e. The van der Waals surface area contributed by atoms with Crippen LogP contribution in [0.1, 0.15) is 22.8 Å². The molecule has 0 fully saturated rings. The van der Waals surface area contributed by atoms with E-state index in [1.165, 1.54) is 0 Å². The number of aryl methyl sites for hydroxylation is 2. The van der Waals surface area contributed by atoms with Crippen molar-refractivity contribution in [3.05, 3.63) is 46.1 Å². The average Bonchev–Trinajstić information content (AvgIpc) is 2.95. The highest BCUT2D eigenvalue weighted by Crippen LogP contribution is 2.26. The number of halogens is 2. The van der Waals surface area contributed by atoms with Crippen molar-refractivity contribution >= 4 is 34.2 Å². The second-order valence-electron chi connectivity index (χ2n) is 4.66. The Balaban J connectivity index is 2.18. The minimum absolute atomic E-state index is 0.328. The minimum atomic E-state index is 0.328. The molecule has 2 heterocycles. The van der Waals surface area contributed by atoms with Crippen LogP contribution < -0.4 is 0 Å². The number of imidazole rings is 1. The van der Waals surface area contributed by atoms with Gasteiger partial charge in [-0.15, -0.1) is 11.6 Å². The second kappa shape index (κ2) is 5.11. The fraction of sp³-hybridized carbons (Fsp3) is 0.286. The predicted octanol–water partition coefficient (Wildman–Crippen LogP) is 4.08. The lowest BCUT2D eigenvalue weighted by Gasteiger charge is -2.07. The Labute approximate surface area is 126 Å². The summed E-state index contributed by atoms with van der Waals surface area (Å²) in [5.41, 5.74) is 3.67. The summed E-state index contributed by atoms with van der Waals surface area (Å²) in [6, 6.07) is 5.73. The molecular formula is C14H13Cl2N3O. The van der Waals surface area contributed by atoms with E-state index >= 15 is 0 Å². The van der Waals surface area contributed by atoms with Crippen LogP contribution in [0, 0.1) is 13.8 Å². The first-order chi connectivity index (χ1) is 9.61. The Morgan fingerprint density at radius 3 is 2.75 bits per heavy atom. The van der Waals surface area contributed by atoms with E-state index in [1.807, 2.05) is 32.0 Å². The standard InChI is InChI=1S/C14H13Cl2N3O/c1-8-10(9(2)20-18-8)7-19-12-5-3-4-11(16)14(12)17-13(19)6-15/h3-5H,6-7H2,1-2H3. The molecule has 0 saturated heterocycles. The van der Waals surface area contributed by atoms with E-state index in [0.29, 0.717) is 17.4 Å². The Bertz CT molecular complexity index is 757. The SMILES string of the molecule is Cc1noc(C)c1Cn1c(CCl)nc2c(Cl)cccc21. The molecule has 0 amide bonds. The van der Waals surface area contributed by atoms with Crippen LogP contribution in [-0.4, -0.2) is 14.7 Å². The molecule has 4 nitrogen and oxygen atoms in total. The van der Waals surface area contributed by atoms with E-state index in [0.717, 1.165) is 33.9 Å². The number of fused-ring (bicyclic) bond motifs is 1. The third kappa shape index (κ3) is 2.09. The van der Waals surface area contributed by atoms with Crippen LogP contribution in [0.15, 0.2) is 22.7 Å². The number of alkyl halides is 1.